The number of aliphatic hydroxyl groups excluding tert-OH is 1. The lowest BCUT2D eigenvalue weighted by molar-refractivity contribution is 0.178. The smallest absolute Gasteiger partial charge is 0.177 e. The SMILES string of the molecule is CCCc1nnsc1C(O)Cc1nnn(C)n1. The fourth-order valence-corrected chi connectivity index (χ4v) is 2.23. The van der Waals surface area contributed by atoms with Crippen LogP contribution in [-0.4, -0.2) is 34.9 Å². The average Bonchev–Trinajstić information content (AvgIpc) is 2.88. The van der Waals surface area contributed by atoms with Gasteiger partial charge in [-0.3, -0.25) is 0 Å². The summed E-state index contributed by atoms with van der Waals surface area (Å²) in [6, 6.07) is 0. The Bertz CT molecular complexity index is 481. The molecule has 0 amide bonds. The summed E-state index contributed by atoms with van der Waals surface area (Å²) in [5.74, 6) is 0.524. The highest BCUT2D eigenvalue weighted by molar-refractivity contribution is 7.05. The number of aryl methyl sites for hydroxylation is 2. The third kappa shape index (κ3) is 2.83. The standard InChI is InChI=1S/C9H14N6OS/c1-3-4-6-9(17-14-10-6)7(16)5-8-11-13-15(2)12-8/h7,16H,3-5H2,1-2H3. The van der Waals surface area contributed by atoms with Crippen molar-refractivity contribution in [2.75, 3.05) is 0 Å². The monoisotopic (exact) mass is 254 g/mol. The molecule has 0 aliphatic rings. The lowest BCUT2D eigenvalue weighted by atomic mass is 10.1. The Hall–Kier alpha value is -1.41. The molecule has 0 aliphatic carbocycles. The zero-order chi connectivity index (χ0) is 12.3. The van der Waals surface area contributed by atoms with Gasteiger partial charge in [0.15, 0.2) is 5.82 Å². The molecule has 92 valence electrons. The first-order chi connectivity index (χ1) is 8.20. The maximum atomic E-state index is 10.1. The maximum Gasteiger partial charge on any atom is 0.177 e. The van der Waals surface area contributed by atoms with E-state index in [2.05, 4.69) is 31.9 Å². The number of aliphatic hydroxyl groups is 1. The second-order valence-electron chi connectivity index (χ2n) is 3.75. The molecule has 0 bridgehead atoms. The van der Waals surface area contributed by atoms with Crippen LogP contribution in [0.3, 0.4) is 0 Å². The van der Waals surface area contributed by atoms with Crippen LogP contribution in [0.2, 0.25) is 0 Å². The fourth-order valence-electron chi connectivity index (χ4n) is 1.55. The van der Waals surface area contributed by atoms with Gasteiger partial charge in [0, 0.05) is 6.42 Å². The van der Waals surface area contributed by atoms with E-state index in [0.717, 1.165) is 23.4 Å². The minimum absolute atomic E-state index is 0.342. The molecule has 0 spiro atoms. The third-order valence-electron chi connectivity index (χ3n) is 2.30. The Labute approximate surface area is 103 Å². The predicted molar refractivity (Wildman–Crippen MR) is 61.4 cm³/mol. The number of aromatic nitrogens is 6. The van der Waals surface area contributed by atoms with E-state index >= 15 is 0 Å². The number of tetrazole rings is 1. The van der Waals surface area contributed by atoms with Crippen LogP contribution in [0.5, 0.6) is 0 Å². The minimum atomic E-state index is -0.652. The van der Waals surface area contributed by atoms with Crippen LogP contribution in [-0.2, 0) is 19.9 Å². The molecule has 8 heteroatoms. The number of hydrogen-bond donors (Lipinski definition) is 1. The van der Waals surface area contributed by atoms with Crippen LogP contribution in [0.15, 0.2) is 0 Å². The van der Waals surface area contributed by atoms with E-state index in [1.165, 1.54) is 16.3 Å². The Balaban J connectivity index is 2.08. The van der Waals surface area contributed by atoms with Crippen molar-refractivity contribution < 1.29 is 5.11 Å². The largest absolute Gasteiger partial charge is 0.387 e. The molecular formula is C9H14N6OS. The summed E-state index contributed by atoms with van der Waals surface area (Å²) >= 11 is 1.23. The quantitative estimate of drug-likeness (QED) is 0.825. The lowest BCUT2D eigenvalue weighted by Crippen LogP contribution is -2.05. The summed E-state index contributed by atoms with van der Waals surface area (Å²) in [5, 5.41) is 25.7. The molecule has 0 saturated carbocycles. The highest BCUT2D eigenvalue weighted by Gasteiger charge is 2.18. The van der Waals surface area contributed by atoms with Crippen LogP contribution < -0.4 is 0 Å². The zero-order valence-electron chi connectivity index (χ0n) is 9.74. The molecule has 0 fully saturated rings. The molecule has 7 nitrogen and oxygen atoms in total. The van der Waals surface area contributed by atoms with E-state index in [0.29, 0.717) is 12.2 Å². The van der Waals surface area contributed by atoms with Crippen molar-refractivity contribution in [2.45, 2.75) is 32.3 Å². The van der Waals surface area contributed by atoms with Crippen LogP contribution >= 0.6 is 11.5 Å². The van der Waals surface area contributed by atoms with Gasteiger partial charge in [-0.15, -0.1) is 15.3 Å². The van der Waals surface area contributed by atoms with Crippen molar-refractivity contribution in [2.24, 2.45) is 7.05 Å². The average molecular weight is 254 g/mol. The van der Waals surface area contributed by atoms with Crippen molar-refractivity contribution in [1.29, 1.82) is 0 Å². The van der Waals surface area contributed by atoms with Crippen molar-refractivity contribution in [3.8, 4) is 0 Å². The summed E-state index contributed by atoms with van der Waals surface area (Å²) in [6.07, 6.45) is 1.50. The van der Waals surface area contributed by atoms with Crippen molar-refractivity contribution in [3.05, 3.63) is 16.4 Å². The molecule has 2 heterocycles. The summed E-state index contributed by atoms with van der Waals surface area (Å²) < 4.78 is 3.88. The normalized spacial score (nSPS) is 12.9. The lowest BCUT2D eigenvalue weighted by Gasteiger charge is -2.06. The van der Waals surface area contributed by atoms with Crippen LogP contribution in [0.1, 0.15) is 35.8 Å². The van der Waals surface area contributed by atoms with Gasteiger partial charge in [0.05, 0.1) is 23.7 Å². The fraction of sp³-hybridized carbons (Fsp3) is 0.667. The van der Waals surface area contributed by atoms with Gasteiger partial charge in [-0.05, 0) is 23.2 Å². The Kier molecular flexibility index (Phi) is 3.75. The molecule has 0 radical (unpaired) electrons. The highest BCUT2D eigenvalue weighted by atomic mass is 32.1. The van der Waals surface area contributed by atoms with Crippen molar-refractivity contribution in [3.63, 3.8) is 0 Å². The molecule has 2 rings (SSSR count). The number of nitrogens with zero attached hydrogens (tertiary/aromatic N) is 6. The minimum Gasteiger partial charge on any atom is -0.387 e. The topological polar surface area (TPSA) is 89.6 Å². The summed E-state index contributed by atoms with van der Waals surface area (Å²) in [4.78, 5) is 2.18. The van der Waals surface area contributed by atoms with Gasteiger partial charge in [0.25, 0.3) is 0 Å². The van der Waals surface area contributed by atoms with E-state index < -0.39 is 6.10 Å². The van der Waals surface area contributed by atoms with E-state index in [4.69, 9.17) is 0 Å². The number of hydrogen-bond acceptors (Lipinski definition) is 7. The molecule has 1 atom stereocenters. The predicted octanol–water partition coefficient (Wildman–Crippen LogP) is 0.290. The second-order valence-corrected chi connectivity index (χ2v) is 4.53. The van der Waals surface area contributed by atoms with Gasteiger partial charge in [0.1, 0.15) is 0 Å². The van der Waals surface area contributed by atoms with E-state index in [-0.39, 0.29) is 0 Å². The molecule has 1 unspecified atom stereocenters. The first-order valence-corrected chi connectivity index (χ1v) is 6.20. The number of rotatable bonds is 5. The van der Waals surface area contributed by atoms with E-state index in [1.54, 1.807) is 7.05 Å². The third-order valence-corrected chi connectivity index (χ3v) is 3.17. The molecule has 0 aliphatic heterocycles. The molecule has 1 N–H and O–H groups in total. The van der Waals surface area contributed by atoms with Crippen molar-refractivity contribution >= 4 is 11.5 Å². The van der Waals surface area contributed by atoms with E-state index in [1.807, 2.05) is 0 Å². The van der Waals surface area contributed by atoms with Gasteiger partial charge in [-0.1, -0.05) is 17.8 Å². The van der Waals surface area contributed by atoms with Crippen LogP contribution in [0.4, 0.5) is 0 Å². The van der Waals surface area contributed by atoms with E-state index in [9.17, 15) is 5.11 Å². The second kappa shape index (κ2) is 5.28. The first-order valence-electron chi connectivity index (χ1n) is 5.42. The maximum absolute atomic E-state index is 10.1. The van der Waals surface area contributed by atoms with Crippen LogP contribution in [0.25, 0.3) is 0 Å². The Morgan fingerprint density at radius 2 is 2.24 bits per heavy atom. The summed E-state index contributed by atoms with van der Waals surface area (Å²) in [5.41, 5.74) is 0.869. The van der Waals surface area contributed by atoms with Gasteiger partial charge < -0.3 is 5.11 Å². The molecule has 0 saturated heterocycles. The molecule has 2 aromatic rings. The summed E-state index contributed by atoms with van der Waals surface area (Å²) in [6.45, 7) is 2.07. The molecule has 2 aromatic heterocycles. The zero-order valence-corrected chi connectivity index (χ0v) is 10.6. The van der Waals surface area contributed by atoms with Gasteiger partial charge in [-0.25, -0.2) is 0 Å². The molecular weight excluding hydrogens is 240 g/mol. The van der Waals surface area contributed by atoms with Gasteiger partial charge in [-0.2, -0.15) is 4.80 Å². The van der Waals surface area contributed by atoms with Crippen LogP contribution in [0, 0.1) is 0 Å². The van der Waals surface area contributed by atoms with Crippen molar-refractivity contribution in [1.82, 2.24) is 29.8 Å². The Morgan fingerprint density at radius 3 is 2.88 bits per heavy atom. The Morgan fingerprint density at radius 1 is 1.41 bits per heavy atom. The molecule has 0 aromatic carbocycles. The molecule has 17 heavy (non-hydrogen) atoms. The highest BCUT2D eigenvalue weighted by Crippen LogP contribution is 2.23. The first kappa shape index (κ1) is 12.1. The summed E-state index contributed by atoms with van der Waals surface area (Å²) in [7, 11) is 1.69. The van der Waals surface area contributed by atoms with Gasteiger partial charge >= 0.3 is 0 Å². The van der Waals surface area contributed by atoms with Gasteiger partial charge in [0.2, 0.25) is 0 Å².